The summed E-state index contributed by atoms with van der Waals surface area (Å²) in [7, 11) is 0. The SMILES string of the molecule is CCCCCC(=O)C=C[C@@H]1[C@@H](OC(=O)C(C)=O)CC(=O)[C@H]1CCCCCCC(=O)O. The minimum absolute atomic E-state index is 0.0214. The van der Waals surface area contributed by atoms with Crippen LogP contribution in [0.5, 0.6) is 0 Å². The highest BCUT2D eigenvalue weighted by atomic mass is 16.5. The summed E-state index contributed by atoms with van der Waals surface area (Å²) >= 11 is 0. The number of ketones is 3. The van der Waals surface area contributed by atoms with Crippen molar-refractivity contribution in [3.63, 3.8) is 0 Å². The molecule has 1 saturated carbocycles. The summed E-state index contributed by atoms with van der Waals surface area (Å²) in [4.78, 5) is 58.2. The van der Waals surface area contributed by atoms with E-state index in [1.807, 2.05) is 0 Å². The molecule has 0 spiro atoms. The van der Waals surface area contributed by atoms with Gasteiger partial charge in [-0.15, -0.1) is 0 Å². The van der Waals surface area contributed by atoms with E-state index in [2.05, 4.69) is 6.92 Å². The molecule has 168 valence electrons. The third-order valence-electron chi connectivity index (χ3n) is 5.44. The third kappa shape index (κ3) is 9.46. The van der Waals surface area contributed by atoms with E-state index in [4.69, 9.17) is 9.84 Å². The number of carboxylic acid groups (broad SMARTS) is 1. The first-order valence-electron chi connectivity index (χ1n) is 10.9. The highest BCUT2D eigenvalue weighted by molar-refractivity contribution is 6.32. The van der Waals surface area contributed by atoms with E-state index in [9.17, 15) is 24.0 Å². The van der Waals surface area contributed by atoms with Gasteiger partial charge in [-0.05, 0) is 25.3 Å². The smallest absolute Gasteiger partial charge is 0.374 e. The number of esters is 1. The van der Waals surface area contributed by atoms with Gasteiger partial charge in [0.2, 0.25) is 5.78 Å². The van der Waals surface area contributed by atoms with Crippen LogP contribution in [-0.4, -0.2) is 40.5 Å². The van der Waals surface area contributed by atoms with Crippen LogP contribution < -0.4 is 0 Å². The van der Waals surface area contributed by atoms with E-state index in [1.54, 1.807) is 6.08 Å². The Morgan fingerprint density at radius 2 is 1.70 bits per heavy atom. The number of carbonyl (C=O) groups is 5. The van der Waals surface area contributed by atoms with Crippen LogP contribution in [0.2, 0.25) is 0 Å². The Morgan fingerprint density at radius 3 is 2.33 bits per heavy atom. The average molecular weight is 423 g/mol. The fraction of sp³-hybridized carbons (Fsp3) is 0.696. The predicted molar refractivity (Wildman–Crippen MR) is 111 cm³/mol. The van der Waals surface area contributed by atoms with Crippen LogP contribution in [0.25, 0.3) is 0 Å². The predicted octanol–water partition coefficient (Wildman–Crippen LogP) is 3.82. The molecular formula is C23H34O7. The van der Waals surface area contributed by atoms with Crippen LogP contribution in [0.1, 0.15) is 84.5 Å². The number of unbranched alkanes of at least 4 members (excludes halogenated alkanes) is 5. The zero-order valence-electron chi connectivity index (χ0n) is 18.1. The lowest BCUT2D eigenvalue weighted by Gasteiger charge is -2.20. The largest absolute Gasteiger partial charge is 0.481 e. The van der Waals surface area contributed by atoms with E-state index in [1.165, 1.54) is 6.08 Å². The van der Waals surface area contributed by atoms with Crippen LogP contribution in [0.4, 0.5) is 0 Å². The van der Waals surface area contributed by atoms with Gasteiger partial charge in [0, 0.05) is 38.0 Å². The zero-order valence-corrected chi connectivity index (χ0v) is 18.1. The molecule has 30 heavy (non-hydrogen) atoms. The van der Waals surface area contributed by atoms with Crippen molar-refractivity contribution in [1.29, 1.82) is 0 Å². The lowest BCUT2D eigenvalue weighted by molar-refractivity contribution is -0.158. The van der Waals surface area contributed by atoms with Crippen LogP contribution in [0, 0.1) is 11.8 Å². The van der Waals surface area contributed by atoms with Gasteiger partial charge in [0.15, 0.2) is 5.78 Å². The average Bonchev–Trinajstić information content (AvgIpc) is 2.97. The van der Waals surface area contributed by atoms with Gasteiger partial charge in [0.25, 0.3) is 0 Å². The summed E-state index contributed by atoms with van der Waals surface area (Å²) in [5.74, 6) is -3.34. The molecule has 0 aliphatic heterocycles. The van der Waals surface area contributed by atoms with Crippen LogP contribution in [-0.2, 0) is 28.7 Å². The minimum Gasteiger partial charge on any atom is -0.481 e. The molecule has 0 aromatic rings. The normalized spacial score (nSPS) is 21.1. The molecule has 1 aliphatic carbocycles. The number of ether oxygens (including phenoxy) is 1. The lowest BCUT2D eigenvalue weighted by atomic mass is 9.88. The van der Waals surface area contributed by atoms with Crippen molar-refractivity contribution < 1.29 is 33.8 Å². The van der Waals surface area contributed by atoms with Gasteiger partial charge in [0.1, 0.15) is 11.9 Å². The first-order chi connectivity index (χ1) is 14.3. The summed E-state index contributed by atoms with van der Waals surface area (Å²) in [5, 5.41) is 8.68. The lowest BCUT2D eigenvalue weighted by Crippen LogP contribution is -2.27. The van der Waals surface area contributed by atoms with E-state index in [0.29, 0.717) is 19.3 Å². The van der Waals surface area contributed by atoms with Crippen molar-refractivity contribution in [2.24, 2.45) is 11.8 Å². The van der Waals surface area contributed by atoms with Crippen molar-refractivity contribution in [2.75, 3.05) is 0 Å². The zero-order chi connectivity index (χ0) is 22.5. The van der Waals surface area contributed by atoms with Gasteiger partial charge in [-0.3, -0.25) is 19.2 Å². The highest BCUT2D eigenvalue weighted by Gasteiger charge is 2.43. The van der Waals surface area contributed by atoms with E-state index >= 15 is 0 Å². The number of hydrogen-bond acceptors (Lipinski definition) is 6. The maximum absolute atomic E-state index is 12.5. The Bertz CT molecular complexity index is 650. The third-order valence-corrected chi connectivity index (χ3v) is 5.44. The van der Waals surface area contributed by atoms with Gasteiger partial charge in [-0.2, -0.15) is 0 Å². The monoisotopic (exact) mass is 422 g/mol. The van der Waals surface area contributed by atoms with Crippen molar-refractivity contribution in [3.8, 4) is 0 Å². The molecule has 0 amide bonds. The summed E-state index contributed by atoms with van der Waals surface area (Å²) in [6, 6.07) is 0. The maximum Gasteiger partial charge on any atom is 0.374 e. The second-order valence-electron chi connectivity index (χ2n) is 7.98. The van der Waals surface area contributed by atoms with Gasteiger partial charge in [-0.25, -0.2) is 4.79 Å². The molecule has 0 aromatic heterocycles. The Morgan fingerprint density at radius 1 is 1.03 bits per heavy atom. The highest BCUT2D eigenvalue weighted by Crippen LogP contribution is 2.36. The summed E-state index contributed by atoms with van der Waals surface area (Å²) in [5.41, 5.74) is 0. The van der Waals surface area contributed by atoms with Gasteiger partial charge in [0.05, 0.1) is 0 Å². The number of rotatable bonds is 15. The van der Waals surface area contributed by atoms with Crippen LogP contribution in [0.15, 0.2) is 12.2 Å². The maximum atomic E-state index is 12.5. The molecule has 0 saturated heterocycles. The number of allylic oxidation sites excluding steroid dienone is 1. The quantitative estimate of drug-likeness (QED) is 0.185. The minimum atomic E-state index is -0.963. The molecule has 7 heteroatoms. The fourth-order valence-electron chi connectivity index (χ4n) is 3.76. The van der Waals surface area contributed by atoms with Crippen LogP contribution >= 0.6 is 0 Å². The first-order valence-corrected chi connectivity index (χ1v) is 10.9. The standard InChI is InChI=1S/C23H34O7/c1-3-4-7-10-17(25)13-14-19-18(11-8-5-6-9-12-22(27)28)20(26)15-21(19)30-23(29)16(2)24/h13-14,18-19,21H,3-12,15H2,1-2H3,(H,27,28)/t18-,19-,21-/m0/s1. The molecule has 1 rings (SSSR count). The van der Waals surface area contributed by atoms with Crippen molar-refractivity contribution in [2.45, 2.75) is 90.6 Å². The molecule has 0 heterocycles. The molecule has 0 bridgehead atoms. The van der Waals surface area contributed by atoms with Crippen molar-refractivity contribution in [3.05, 3.63) is 12.2 Å². The van der Waals surface area contributed by atoms with Crippen molar-refractivity contribution >= 4 is 29.3 Å². The van der Waals surface area contributed by atoms with Crippen molar-refractivity contribution in [1.82, 2.24) is 0 Å². The molecule has 3 atom stereocenters. The Balaban J connectivity index is 2.72. The molecule has 1 N–H and O–H groups in total. The Hall–Kier alpha value is -2.31. The summed E-state index contributed by atoms with van der Waals surface area (Å²) < 4.78 is 5.25. The fourth-order valence-corrected chi connectivity index (χ4v) is 3.76. The second kappa shape index (κ2) is 13.8. The topological polar surface area (TPSA) is 115 Å². The number of aliphatic carboxylic acids is 1. The van der Waals surface area contributed by atoms with Gasteiger partial charge < -0.3 is 9.84 Å². The molecule has 1 aliphatic rings. The number of carbonyl (C=O) groups excluding carboxylic acids is 4. The molecule has 0 unspecified atom stereocenters. The second-order valence-corrected chi connectivity index (χ2v) is 7.98. The van der Waals surface area contributed by atoms with E-state index in [-0.39, 0.29) is 30.3 Å². The van der Waals surface area contributed by atoms with E-state index < -0.39 is 29.7 Å². The van der Waals surface area contributed by atoms with Gasteiger partial charge in [-0.1, -0.05) is 45.1 Å². The number of Topliss-reactive ketones (excluding diaryl/α,β-unsaturated/α-hetero) is 2. The number of carboxylic acids is 1. The molecule has 7 nitrogen and oxygen atoms in total. The van der Waals surface area contributed by atoms with Crippen LogP contribution in [0.3, 0.4) is 0 Å². The Labute approximate surface area is 178 Å². The van der Waals surface area contributed by atoms with E-state index in [0.717, 1.165) is 45.4 Å². The molecular weight excluding hydrogens is 388 g/mol. The first kappa shape index (κ1) is 25.7. The molecule has 0 radical (unpaired) electrons. The molecule has 1 fully saturated rings. The van der Waals surface area contributed by atoms with Gasteiger partial charge >= 0.3 is 11.9 Å². The summed E-state index contributed by atoms with van der Waals surface area (Å²) in [6.45, 7) is 3.18. The Kier molecular flexibility index (Phi) is 11.9. The number of hydrogen-bond donors (Lipinski definition) is 1. The summed E-state index contributed by atoms with van der Waals surface area (Å²) in [6.07, 6.45) is 9.36. The molecule has 0 aromatic carbocycles.